The number of rotatable bonds is 7. The maximum absolute atomic E-state index is 12.8. The number of hydrogen-bond acceptors (Lipinski definition) is 4. The van der Waals surface area contributed by atoms with Crippen LogP contribution in [0.25, 0.3) is 0 Å². The minimum atomic E-state index is -0.523. The normalized spacial score (nSPS) is 10.3. The summed E-state index contributed by atoms with van der Waals surface area (Å²) >= 11 is 6.27. The Hall–Kier alpha value is -2.73. The molecule has 0 aliphatic rings. The quantitative estimate of drug-likeness (QED) is 0.801. The van der Waals surface area contributed by atoms with E-state index in [2.05, 4.69) is 0 Å². The van der Waals surface area contributed by atoms with Crippen LogP contribution in [0.1, 0.15) is 34.1 Å². The Kier molecular flexibility index (Phi) is 6.46. The van der Waals surface area contributed by atoms with E-state index in [-0.39, 0.29) is 5.91 Å². The topological polar surface area (TPSA) is 81.9 Å². The minimum Gasteiger partial charge on any atom is -0.493 e. The number of anilines is 1. The first-order valence-corrected chi connectivity index (χ1v) is 8.45. The molecule has 0 fully saturated rings. The van der Waals surface area contributed by atoms with Gasteiger partial charge in [0.15, 0.2) is 11.5 Å². The number of carbonyl (C=O) groups is 2. The molecule has 0 aromatic heterocycles. The van der Waals surface area contributed by atoms with Crippen molar-refractivity contribution in [3.8, 4) is 11.5 Å². The molecule has 0 unspecified atom stereocenters. The zero-order valence-corrected chi connectivity index (χ0v) is 15.7. The molecule has 0 radical (unpaired) electrons. The van der Waals surface area contributed by atoms with Gasteiger partial charge in [0.2, 0.25) is 5.91 Å². The monoisotopic (exact) mass is 376 g/mol. The van der Waals surface area contributed by atoms with E-state index in [9.17, 15) is 9.59 Å². The number of hydrogen-bond donors (Lipinski definition) is 1. The van der Waals surface area contributed by atoms with Gasteiger partial charge in [0.25, 0.3) is 5.91 Å². The van der Waals surface area contributed by atoms with Crippen LogP contribution in [-0.4, -0.2) is 32.6 Å². The van der Waals surface area contributed by atoms with Crippen LogP contribution in [0.15, 0.2) is 36.4 Å². The molecule has 0 saturated carbocycles. The van der Waals surface area contributed by atoms with Crippen molar-refractivity contribution in [2.75, 3.05) is 25.7 Å². The highest BCUT2D eigenvalue weighted by atomic mass is 35.5. The van der Waals surface area contributed by atoms with Crippen molar-refractivity contribution in [3.05, 3.63) is 52.5 Å². The molecule has 2 N–H and O–H groups in total. The first-order chi connectivity index (χ1) is 12.4. The molecule has 0 atom stereocenters. The molecule has 2 amide bonds. The van der Waals surface area contributed by atoms with Gasteiger partial charge in [-0.1, -0.05) is 18.5 Å². The molecule has 0 bridgehead atoms. The fourth-order valence-corrected chi connectivity index (χ4v) is 2.61. The molecule has 6 nitrogen and oxygen atoms in total. The van der Waals surface area contributed by atoms with Gasteiger partial charge in [-0.15, -0.1) is 0 Å². The van der Waals surface area contributed by atoms with E-state index in [0.717, 1.165) is 6.42 Å². The van der Waals surface area contributed by atoms with Crippen molar-refractivity contribution in [1.82, 2.24) is 0 Å². The number of primary amides is 1. The molecular weight excluding hydrogens is 356 g/mol. The van der Waals surface area contributed by atoms with Crippen molar-refractivity contribution < 1.29 is 19.1 Å². The number of halogens is 1. The lowest BCUT2D eigenvalue weighted by atomic mass is 10.1. The van der Waals surface area contributed by atoms with Crippen molar-refractivity contribution in [1.29, 1.82) is 0 Å². The molecule has 2 rings (SSSR count). The molecular formula is C19H21ClN2O4. The van der Waals surface area contributed by atoms with E-state index in [0.29, 0.717) is 39.9 Å². The molecule has 0 spiro atoms. The fraction of sp³-hybridized carbons (Fsp3) is 0.263. The van der Waals surface area contributed by atoms with Gasteiger partial charge in [-0.3, -0.25) is 9.59 Å². The lowest BCUT2D eigenvalue weighted by molar-refractivity contribution is 0.0989. The number of benzene rings is 2. The third-order valence-electron chi connectivity index (χ3n) is 3.77. The highest BCUT2D eigenvalue weighted by Crippen LogP contribution is 2.37. The second-order valence-electron chi connectivity index (χ2n) is 5.61. The van der Waals surface area contributed by atoms with Gasteiger partial charge >= 0.3 is 0 Å². The van der Waals surface area contributed by atoms with E-state index in [4.69, 9.17) is 26.8 Å². The predicted molar refractivity (Wildman–Crippen MR) is 101 cm³/mol. The minimum absolute atomic E-state index is 0.279. The van der Waals surface area contributed by atoms with Gasteiger partial charge in [-0.2, -0.15) is 0 Å². The molecule has 138 valence electrons. The summed E-state index contributed by atoms with van der Waals surface area (Å²) in [5.41, 5.74) is 6.57. The van der Waals surface area contributed by atoms with Crippen LogP contribution in [-0.2, 0) is 0 Å². The standard InChI is InChI=1S/C19H21ClN2O4/c1-4-9-26-17-15(20)10-13(11-16(17)25-3)19(24)22(2)14-7-5-12(6-8-14)18(21)23/h5-8,10-11H,4,9H2,1-3H3,(H2,21,23). The molecule has 0 aliphatic carbocycles. The van der Waals surface area contributed by atoms with Crippen LogP contribution in [0.2, 0.25) is 5.02 Å². The zero-order valence-electron chi connectivity index (χ0n) is 14.9. The number of carbonyl (C=O) groups excluding carboxylic acids is 2. The van der Waals surface area contributed by atoms with E-state index in [1.54, 1.807) is 43.4 Å². The Labute approximate surface area is 157 Å². The summed E-state index contributed by atoms with van der Waals surface area (Å²) in [5, 5.41) is 0.304. The van der Waals surface area contributed by atoms with Crippen LogP contribution in [0.3, 0.4) is 0 Å². The number of ether oxygens (including phenoxy) is 2. The van der Waals surface area contributed by atoms with Crippen molar-refractivity contribution in [3.63, 3.8) is 0 Å². The van der Waals surface area contributed by atoms with E-state index >= 15 is 0 Å². The Morgan fingerprint density at radius 2 is 1.81 bits per heavy atom. The molecule has 2 aromatic carbocycles. The van der Waals surface area contributed by atoms with E-state index in [1.165, 1.54) is 12.0 Å². The Balaban J connectivity index is 2.30. The summed E-state index contributed by atoms with van der Waals surface area (Å²) in [4.78, 5) is 25.4. The van der Waals surface area contributed by atoms with Crippen LogP contribution in [0.4, 0.5) is 5.69 Å². The summed E-state index contributed by atoms with van der Waals surface area (Å²) < 4.78 is 10.9. The van der Waals surface area contributed by atoms with Crippen LogP contribution >= 0.6 is 11.6 Å². The third-order valence-corrected chi connectivity index (χ3v) is 4.05. The number of amides is 2. The summed E-state index contributed by atoms with van der Waals surface area (Å²) in [5.74, 6) is 0.0107. The largest absolute Gasteiger partial charge is 0.493 e. The number of methoxy groups -OCH3 is 1. The van der Waals surface area contributed by atoms with Gasteiger partial charge in [-0.25, -0.2) is 0 Å². The predicted octanol–water partition coefficient (Wildman–Crippen LogP) is 3.51. The van der Waals surface area contributed by atoms with Crippen LogP contribution in [0, 0.1) is 0 Å². The fourth-order valence-electron chi connectivity index (χ4n) is 2.35. The van der Waals surface area contributed by atoms with Crippen LogP contribution < -0.4 is 20.1 Å². The van der Waals surface area contributed by atoms with Crippen molar-refractivity contribution >= 4 is 29.1 Å². The number of nitrogens with two attached hydrogens (primary N) is 1. The molecule has 2 aromatic rings. The first kappa shape index (κ1) is 19.6. The summed E-state index contributed by atoms with van der Waals surface area (Å²) in [6, 6.07) is 9.57. The average Bonchev–Trinajstić information content (AvgIpc) is 2.65. The summed E-state index contributed by atoms with van der Waals surface area (Å²) in [7, 11) is 3.12. The molecule has 0 heterocycles. The zero-order chi connectivity index (χ0) is 19.3. The Bertz CT molecular complexity index is 806. The van der Waals surface area contributed by atoms with Crippen molar-refractivity contribution in [2.24, 2.45) is 5.73 Å². The maximum Gasteiger partial charge on any atom is 0.258 e. The SMILES string of the molecule is CCCOc1c(Cl)cc(C(=O)N(C)c2ccc(C(N)=O)cc2)cc1OC. The second-order valence-corrected chi connectivity index (χ2v) is 6.02. The van der Waals surface area contributed by atoms with E-state index < -0.39 is 5.91 Å². The van der Waals surface area contributed by atoms with Crippen molar-refractivity contribution in [2.45, 2.75) is 13.3 Å². The lowest BCUT2D eigenvalue weighted by Crippen LogP contribution is -2.26. The summed E-state index contributed by atoms with van der Waals surface area (Å²) in [6.07, 6.45) is 0.824. The summed E-state index contributed by atoms with van der Waals surface area (Å²) in [6.45, 7) is 2.48. The van der Waals surface area contributed by atoms with Gasteiger partial charge in [0.1, 0.15) is 0 Å². The maximum atomic E-state index is 12.8. The van der Waals surface area contributed by atoms with Gasteiger partial charge in [-0.05, 0) is 42.8 Å². The van der Waals surface area contributed by atoms with Gasteiger partial charge in [0, 0.05) is 23.9 Å². The molecule has 26 heavy (non-hydrogen) atoms. The highest BCUT2D eigenvalue weighted by molar-refractivity contribution is 6.32. The molecule has 0 aliphatic heterocycles. The smallest absolute Gasteiger partial charge is 0.258 e. The molecule has 7 heteroatoms. The molecule has 0 saturated heterocycles. The first-order valence-electron chi connectivity index (χ1n) is 8.07. The van der Waals surface area contributed by atoms with Gasteiger partial charge < -0.3 is 20.1 Å². The third kappa shape index (κ3) is 4.26. The lowest BCUT2D eigenvalue weighted by Gasteiger charge is -2.19. The number of nitrogens with zero attached hydrogens (tertiary/aromatic N) is 1. The van der Waals surface area contributed by atoms with Crippen LogP contribution in [0.5, 0.6) is 11.5 Å². The van der Waals surface area contributed by atoms with E-state index in [1.807, 2.05) is 6.92 Å². The highest BCUT2D eigenvalue weighted by Gasteiger charge is 2.19. The average molecular weight is 377 g/mol. The Morgan fingerprint density at radius 1 is 1.15 bits per heavy atom. The Morgan fingerprint density at radius 3 is 2.35 bits per heavy atom. The van der Waals surface area contributed by atoms with Gasteiger partial charge in [0.05, 0.1) is 18.7 Å². The second kappa shape index (κ2) is 8.58.